The van der Waals surface area contributed by atoms with Gasteiger partial charge in [-0.1, -0.05) is 39.3 Å². The molecule has 0 bridgehead atoms. The number of benzene rings is 1. The Morgan fingerprint density at radius 3 is 2.12 bits per heavy atom. The van der Waals surface area contributed by atoms with Crippen molar-refractivity contribution in [3.8, 4) is 0 Å². The molecule has 3 nitrogen and oxygen atoms in total. The summed E-state index contributed by atoms with van der Waals surface area (Å²) in [7, 11) is 0. The summed E-state index contributed by atoms with van der Waals surface area (Å²) in [4.78, 5) is 9.89. The quantitative estimate of drug-likeness (QED) is 0.586. The SMILES string of the molecule is CCC.C[C@@H](CF)Cc1ccc([N+](=O)[O-])cc1. The molecule has 17 heavy (non-hydrogen) atoms. The minimum atomic E-state index is -0.442. The van der Waals surface area contributed by atoms with Crippen molar-refractivity contribution in [2.75, 3.05) is 6.67 Å². The second-order valence-electron chi connectivity index (χ2n) is 4.09. The van der Waals surface area contributed by atoms with Gasteiger partial charge < -0.3 is 0 Å². The van der Waals surface area contributed by atoms with E-state index < -0.39 is 4.92 Å². The Labute approximate surface area is 102 Å². The maximum atomic E-state index is 12.2. The van der Waals surface area contributed by atoms with Crippen LogP contribution >= 0.6 is 0 Å². The van der Waals surface area contributed by atoms with Crippen LogP contribution in [0.25, 0.3) is 0 Å². The van der Waals surface area contributed by atoms with Gasteiger partial charge in [-0.05, 0) is 17.9 Å². The van der Waals surface area contributed by atoms with E-state index in [1.807, 2.05) is 0 Å². The summed E-state index contributed by atoms with van der Waals surface area (Å²) in [5, 5.41) is 10.3. The third kappa shape index (κ3) is 6.66. The Bertz CT molecular complexity index is 325. The number of nitrogens with zero attached hydrogens (tertiary/aromatic N) is 1. The zero-order valence-corrected chi connectivity index (χ0v) is 10.6. The molecular weight excluding hydrogens is 221 g/mol. The molecule has 0 heterocycles. The standard InChI is InChI=1S/C10H12FNO2.C3H8/c1-8(7-11)6-9-2-4-10(5-3-9)12(13)14;1-3-2/h2-5,8H,6-7H2,1H3;3H2,1-2H3/t8-;/m1./s1. The molecule has 0 aliphatic rings. The highest BCUT2D eigenvalue weighted by atomic mass is 19.1. The Morgan fingerprint density at radius 1 is 1.29 bits per heavy atom. The minimum absolute atomic E-state index is 0.0311. The van der Waals surface area contributed by atoms with E-state index >= 15 is 0 Å². The summed E-state index contributed by atoms with van der Waals surface area (Å²) in [5.41, 5.74) is 1.00. The van der Waals surface area contributed by atoms with Gasteiger partial charge in [0.2, 0.25) is 0 Å². The lowest BCUT2D eigenvalue weighted by Crippen LogP contribution is -2.01. The summed E-state index contributed by atoms with van der Waals surface area (Å²) >= 11 is 0. The van der Waals surface area contributed by atoms with Crippen LogP contribution in [0, 0.1) is 16.0 Å². The lowest BCUT2D eigenvalue weighted by Gasteiger charge is -2.05. The lowest BCUT2D eigenvalue weighted by atomic mass is 10.0. The van der Waals surface area contributed by atoms with Gasteiger partial charge in [-0.3, -0.25) is 14.5 Å². The predicted octanol–water partition coefficient (Wildman–Crippen LogP) is 4.16. The van der Waals surface area contributed by atoms with Crippen molar-refractivity contribution in [1.29, 1.82) is 0 Å². The number of nitro benzene ring substituents is 1. The largest absolute Gasteiger partial charge is 0.269 e. The molecule has 0 amide bonds. The lowest BCUT2D eigenvalue weighted by molar-refractivity contribution is -0.384. The molecule has 96 valence electrons. The first kappa shape index (κ1) is 15.6. The van der Waals surface area contributed by atoms with E-state index in [9.17, 15) is 14.5 Å². The van der Waals surface area contributed by atoms with Crippen LogP contribution in [0.5, 0.6) is 0 Å². The molecule has 4 heteroatoms. The van der Waals surface area contributed by atoms with Gasteiger partial charge in [0.15, 0.2) is 0 Å². The Kier molecular flexibility index (Phi) is 7.93. The van der Waals surface area contributed by atoms with Crippen molar-refractivity contribution < 1.29 is 9.31 Å². The van der Waals surface area contributed by atoms with Gasteiger partial charge in [0.25, 0.3) is 5.69 Å². The number of halogens is 1. The molecule has 0 aliphatic heterocycles. The van der Waals surface area contributed by atoms with Gasteiger partial charge in [-0.2, -0.15) is 0 Å². The third-order valence-electron chi connectivity index (χ3n) is 1.99. The summed E-state index contributed by atoms with van der Waals surface area (Å²) in [6, 6.07) is 6.23. The highest BCUT2D eigenvalue weighted by molar-refractivity contribution is 5.32. The highest BCUT2D eigenvalue weighted by Gasteiger charge is 2.06. The van der Waals surface area contributed by atoms with Crippen LogP contribution < -0.4 is 0 Å². The van der Waals surface area contributed by atoms with Crippen molar-refractivity contribution in [3.63, 3.8) is 0 Å². The van der Waals surface area contributed by atoms with Crippen LogP contribution in [0.1, 0.15) is 32.8 Å². The smallest absolute Gasteiger partial charge is 0.258 e. The average molecular weight is 241 g/mol. The molecule has 0 aliphatic carbocycles. The normalized spacial score (nSPS) is 11.3. The van der Waals surface area contributed by atoms with Crippen LogP contribution in [0.15, 0.2) is 24.3 Å². The summed E-state index contributed by atoms with van der Waals surface area (Å²) in [6.07, 6.45) is 1.87. The zero-order valence-electron chi connectivity index (χ0n) is 10.6. The fraction of sp³-hybridized carbons (Fsp3) is 0.538. The first-order valence-electron chi connectivity index (χ1n) is 5.84. The summed E-state index contributed by atoms with van der Waals surface area (Å²) in [5.74, 6) is -0.0311. The summed E-state index contributed by atoms with van der Waals surface area (Å²) < 4.78 is 12.2. The van der Waals surface area contributed by atoms with Gasteiger partial charge in [-0.25, -0.2) is 0 Å². The molecular formula is C13H20FNO2. The Balaban J connectivity index is 0.000000770. The van der Waals surface area contributed by atoms with E-state index in [1.165, 1.54) is 18.6 Å². The number of alkyl halides is 1. The van der Waals surface area contributed by atoms with Gasteiger partial charge in [-0.15, -0.1) is 0 Å². The molecule has 0 radical (unpaired) electrons. The van der Waals surface area contributed by atoms with Gasteiger partial charge in [0.1, 0.15) is 0 Å². The van der Waals surface area contributed by atoms with E-state index in [-0.39, 0.29) is 18.3 Å². The van der Waals surface area contributed by atoms with E-state index in [0.717, 1.165) is 5.56 Å². The third-order valence-corrected chi connectivity index (χ3v) is 1.99. The monoisotopic (exact) mass is 241 g/mol. The van der Waals surface area contributed by atoms with Crippen molar-refractivity contribution in [3.05, 3.63) is 39.9 Å². The maximum absolute atomic E-state index is 12.2. The van der Waals surface area contributed by atoms with Crippen molar-refractivity contribution in [2.24, 2.45) is 5.92 Å². The van der Waals surface area contributed by atoms with Crippen LogP contribution in [-0.4, -0.2) is 11.6 Å². The number of rotatable bonds is 4. The number of nitro groups is 1. The van der Waals surface area contributed by atoms with E-state index in [1.54, 1.807) is 19.1 Å². The second-order valence-corrected chi connectivity index (χ2v) is 4.09. The fourth-order valence-corrected chi connectivity index (χ4v) is 1.21. The molecule has 0 saturated carbocycles. The molecule has 1 aromatic rings. The number of hydrogen-bond acceptors (Lipinski definition) is 2. The Morgan fingerprint density at radius 2 is 1.76 bits per heavy atom. The second kappa shape index (κ2) is 8.67. The van der Waals surface area contributed by atoms with Crippen LogP contribution in [0.3, 0.4) is 0 Å². The summed E-state index contributed by atoms with van der Waals surface area (Å²) in [6.45, 7) is 5.69. The van der Waals surface area contributed by atoms with Gasteiger partial charge in [0.05, 0.1) is 11.6 Å². The first-order chi connectivity index (χ1) is 8.04. The predicted molar refractivity (Wildman–Crippen MR) is 67.9 cm³/mol. The van der Waals surface area contributed by atoms with E-state index in [4.69, 9.17) is 0 Å². The maximum Gasteiger partial charge on any atom is 0.269 e. The van der Waals surface area contributed by atoms with Crippen LogP contribution in [0.2, 0.25) is 0 Å². The van der Waals surface area contributed by atoms with Crippen molar-refractivity contribution in [1.82, 2.24) is 0 Å². The molecule has 0 aromatic heterocycles. The average Bonchev–Trinajstić information content (AvgIpc) is 2.30. The van der Waals surface area contributed by atoms with Gasteiger partial charge in [0, 0.05) is 12.1 Å². The molecule has 1 atom stereocenters. The molecule has 0 saturated heterocycles. The number of hydrogen-bond donors (Lipinski definition) is 0. The highest BCUT2D eigenvalue weighted by Crippen LogP contribution is 2.14. The van der Waals surface area contributed by atoms with Crippen LogP contribution in [0.4, 0.5) is 10.1 Å². The molecule has 0 spiro atoms. The Hall–Kier alpha value is -1.45. The molecule has 0 unspecified atom stereocenters. The minimum Gasteiger partial charge on any atom is -0.258 e. The fourth-order valence-electron chi connectivity index (χ4n) is 1.21. The van der Waals surface area contributed by atoms with Gasteiger partial charge >= 0.3 is 0 Å². The first-order valence-corrected chi connectivity index (χ1v) is 5.84. The molecule has 0 N–H and O–H groups in total. The van der Waals surface area contributed by atoms with Crippen LogP contribution in [-0.2, 0) is 6.42 Å². The zero-order chi connectivity index (χ0) is 13.3. The van der Waals surface area contributed by atoms with Crippen molar-refractivity contribution in [2.45, 2.75) is 33.6 Å². The molecule has 0 fully saturated rings. The molecule has 1 rings (SSSR count). The topological polar surface area (TPSA) is 43.1 Å². The number of non-ortho nitro benzene ring substituents is 1. The molecule has 1 aromatic carbocycles. The van der Waals surface area contributed by atoms with E-state index in [0.29, 0.717) is 6.42 Å². The van der Waals surface area contributed by atoms with Crippen molar-refractivity contribution >= 4 is 5.69 Å². The van der Waals surface area contributed by atoms with E-state index in [2.05, 4.69) is 13.8 Å².